The minimum Gasteiger partial charge on any atom is -0.488 e. The van der Waals surface area contributed by atoms with Crippen molar-refractivity contribution in [3.63, 3.8) is 0 Å². The Bertz CT molecular complexity index is 898. The topological polar surface area (TPSA) is 49.9 Å². The van der Waals surface area contributed by atoms with Gasteiger partial charge in [0.2, 0.25) is 11.8 Å². The zero-order chi connectivity index (χ0) is 22.4. The van der Waals surface area contributed by atoms with Crippen LogP contribution in [0.3, 0.4) is 0 Å². The average Bonchev–Trinajstić information content (AvgIpc) is 3.24. The Kier molecular flexibility index (Phi) is 8.07. The molecule has 2 amide bonds. The molecular weight excluding hydrogens is 415 g/mol. The molecule has 168 valence electrons. The first-order valence-corrected chi connectivity index (χ1v) is 11.8. The lowest BCUT2D eigenvalue weighted by molar-refractivity contribution is -0.142. The summed E-state index contributed by atoms with van der Waals surface area (Å²) in [6.07, 6.45) is 2.01. The average molecular weight is 447 g/mol. The molecule has 1 aliphatic heterocycles. The van der Waals surface area contributed by atoms with E-state index in [4.69, 9.17) is 4.74 Å². The largest absolute Gasteiger partial charge is 0.488 e. The number of hydrogen-bond donors (Lipinski definition) is 0. The van der Waals surface area contributed by atoms with E-state index in [1.54, 1.807) is 39.3 Å². The molecular formula is C24H31FN2O3S. The van der Waals surface area contributed by atoms with Gasteiger partial charge in [-0.1, -0.05) is 32.9 Å². The van der Waals surface area contributed by atoms with Crippen LogP contribution in [0.15, 0.2) is 35.7 Å². The molecule has 1 atom stereocenters. The van der Waals surface area contributed by atoms with Gasteiger partial charge in [-0.05, 0) is 47.9 Å². The molecule has 0 unspecified atom stereocenters. The highest BCUT2D eigenvalue weighted by Gasteiger charge is 2.33. The van der Waals surface area contributed by atoms with Crippen molar-refractivity contribution in [1.82, 2.24) is 9.80 Å². The summed E-state index contributed by atoms with van der Waals surface area (Å²) < 4.78 is 19.8. The van der Waals surface area contributed by atoms with E-state index in [1.165, 1.54) is 10.9 Å². The molecule has 0 saturated carbocycles. The van der Waals surface area contributed by atoms with Crippen LogP contribution < -0.4 is 4.74 Å². The van der Waals surface area contributed by atoms with Crippen LogP contribution in [-0.2, 0) is 16.0 Å². The quantitative estimate of drug-likeness (QED) is 0.562. The first-order chi connectivity index (χ1) is 14.9. The third-order valence-corrected chi connectivity index (χ3v) is 6.60. The number of amides is 2. The normalized spacial score (nSPS) is 15.6. The molecule has 1 aliphatic rings. The lowest BCUT2D eigenvalue weighted by atomic mass is 10.00. The number of carbonyl (C=O) groups is 2. The van der Waals surface area contributed by atoms with Crippen LogP contribution in [-0.4, -0.2) is 47.9 Å². The second-order valence-corrected chi connectivity index (χ2v) is 9.25. The number of benzene rings is 1. The predicted octanol–water partition coefficient (Wildman–Crippen LogP) is 4.68. The maximum atomic E-state index is 14.0. The Morgan fingerprint density at radius 2 is 2.06 bits per heavy atom. The Morgan fingerprint density at radius 1 is 1.29 bits per heavy atom. The molecule has 2 heterocycles. The number of carbonyl (C=O) groups excluding carboxylic acids is 2. The van der Waals surface area contributed by atoms with E-state index in [-0.39, 0.29) is 36.8 Å². The minimum absolute atomic E-state index is 0.0126. The van der Waals surface area contributed by atoms with Crippen molar-refractivity contribution in [1.29, 1.82) is 0 Å². The number of rotatable bonds is 9. The zero-order valence-electron chi connectivity index (χ0n) is 18.5. The number of thiophene rings is 1. The van der Waals surface area contributed by atoms with Crippen molar-refractivity contribution in [3.05, 3.63) is 52.0 Å². The highest BCUT2D eigenvalue weighted by molar-refractivity contribution is 7.10. The van der Waals surface area contributed by atoms with E-state index in [1.807, 2.05) is 18.4 Å². The molecule has 0 aliphatic carbocycles. The van der Waals surface area contributed by atoms with Gasteiger partial charge in [0.1, 0.15) is 6.61 Å². The van der Waals surface area contributed by atoms with Crippen molar-refractivity contribution in [3.8, 4) is 5.75 Å². The van der Waals surface area contributed by atoms with Crippen LogP contribution in [0.1, 0.15) is 50.1 Å². The summed E-state index contributed by atoms with van der Waals surface area (Å²) in [4.78, 5) is 30.4. The van der Waals surface area contributed by atoms with Crippen LogP contribution in [0.4, 0.5) is 4.39 Å². The summed E-state index contributed by atoms with van der Waals surface area (Å²) in [7, 11) is 0. The Labute approximate surface area is 187 Å². The fraction of sp³-hybridized carbons (Fsp3) is 0.500. The first kappa shape index (κ1) is 23.3. The van der Waals surface area contributed by atoms with Gasteiger partial charge in [-0.3, -0.25) is 9.59 Å². The molecule has 5 nitrogen and oxygen atoms in total. The number of nitrogens with zero attached hydrogens (tertiary/aromatic N) is 2. The van der Waals surface area contributed by atoms with Gasteiger partial charge >= 0.3 is 0 Å². The molecule has 7 heteroatoms. The smallest absolute Gasteiger partial charge is 0.242 e. The highest BCUT2D eigenvalue weighted by Crippen LogP contribution is 2.34. The molecule has 0 fully saturated rings. The van der Waals surface area contributed by atoms with Gasteiger partial charge < -0.3 is 14.5 Å². The highest BCUT2D eigenvalue weighted by atomic mass is 32.1. The molecule has 1 aromatic carbocycles. The Hall–Kier alpha value is -2.41. The molecule has 0 N–H and O–H groups in total. The van der Waals surface area contributed by atoms with E-state index in [2.05, 4.69) is 13.8 Å². The second kappa shape index (κ2) is 10.8. The van der Waals surface area contributed by atoms with Gasteiger partial charge in [-0.25, -0.2) is 4.39 Å². The molecule has 3 rings (SSSR count). The number of halogens is 1. The van der Waals surface area contributed by atoms with Crippen LogP contribution in [0, 0.1) is 11.7 Å². The van der Waals surface area contributed by atoms with Gasteiger partial charge in [0.15, 0.2) is 11.6 Å². The maximum Gasteiger partial charge on any atom is 0.242 e. The van der Waals surface area contributed by atoms with E-state index in [0.29, 0.717) is 25.4 Å². The van der Waals surface area contributed by atoms with Gasteiger partial charge in [0, 0.05) is 24.4 Å². The van der Waals surface area contributed by atoms with Crippen molar-refractivity contribution < 1.29 is 18.7 Å². The maximum absolute atomic E-state index is 14.0. The summed E-state index contributed by atoms with van der Waals surface area (Å²) in [5.74, 6) is 0.102. The van der Waals surface area contributed by atoms with E-state index >= 15 is 0 Å². The van der Waals surface area contributed by atoms with Gasteiger partial charge in [-0.2, -0.15) is 0 Å². The van der Waals surface area contributed by atoms with Crippen molar-refractivity contribution in [2.75, 3.05) is 26.2 Å². The molecule has 1 aromatic heterocycles. The number of ether oxygens (including phenoxy) is 1. The summed E-state index contributed by atoms with van der Waals surface area (Å²) in [5.41, 5.74) is 1.05. The molecule has 31 heavy (non-hydrogen) atoms. The van der Waals surface area contributed by atoms with Crippen molar-refractivity contribution >= 4 is 23.2 Å². The van der Waals surface area contributed by atoms with Gasteiger partial charge in [0.25, 0.3) is 0 Å². The fourth-order valence-electron chi connectivity index (χ4n) is 3.79. The second-order valence-electron chi connectivity index (χ2n) is 8.24. The van der Waals surface area contributed by atoms with Crippen LogP contribution in [0.5, 0.6) is 5.75 Å². The fourth-order valence-corrected chi connectivity index (χ4v) is 4.72. The standard InChI is InChI=1S/C24H31FN2O3S/c1-4-23(28)26(12-9-17(2)3)15-24(29)27-13-10-22-18(11-14-31-22)20(27)16-30-21-8-6-5-7-19(21)25/h5-8,11,14,17,20H,4,9-10,12-13,15-16H2,1-3H3/t20-/m1/s1. The lowest BCUT2D eigenvalue weighted by Gasteiger charge is -2.37. The molecule has 0 saturated heterocycles. The summed E-state index contributed by atoms with van der Waals surface area (Å²) in [6.45, 7) is 7.41. The van der Waals surface area contributed by atoms with E-state index in [0.717, 1.165) is 18.4 Å². The van der Waals surface area contributed by atoms with Crippen molar-refractivity contribution in [2.24, 2.45) is 5.92 Å². The third-order valence-electron chi connectivity index (χ3n) is 5.61. The predicted molar refractivity (Wildman–Crippen MR) is 121 cm³/mol. The Balaban J connectivity index is 1.76. The third kappa shape index (κ3) is 5.85. The zero-order valence-corrected chi connectivity index (χ0v) is 19.3. The van der Waals surface area contributed by atoms with Crippen molar-refractivity contribution in [2.45, 2.75) is 46.1 Å². The molecule has 0 spiro atoms. The summed E-state index contributed by atoms with van der Waals surface area (Å²) in [6, 6.07) is 8.01. The van der Waals surface area contributed by atoms with Crippen LogP contribution >= 0.6 is 11.3 Å². The monoisotopic (exact) mass is 446 g/mol. The molecule has 0 bridgehead atoms. The van der Waals surface area contributed by atoms with E-state index < -0.39 is 5.82 Å². The first-order valence-electron chi connectivity index (χ1n) is 10.9. The number of hydrogen-bond acceptors (Lipinski definition) is 4. The SMILES string of the molecule is CCC(=O)N(CCC(C)C)CC(=O)N1CCc2sccc2[C@H]1COc1ccccc1F. The minimum atomic E-state index is -0.421. The summed E-state index contributed by atoms with van der Waals surface area (Å²) in [5, 5.41) is 2.02. The van der Waals surface area contributed by atoms with Crippen LogP contribution in [0.2, 0.25) is 0 Å². The van der Waals surface area contributed by atoms with E-state index in [9.17, 15) is 14.0 Å². The molecule has 2 aromatic rings. The molecule has 0 radical (unpaired) electrons. The Morgan fingerprint density at radius 3 is 2.77 bits per heavy atom. The van der Waals surface area contributed by atoms with Gasteiger partial charge in [-0.15, -0.1) is 11.3 Å². The number of para-hydroxylation sites is 1. The van der Waals surface area contributed by atoms with Crippen LogP contribution in [0.25, 0.3) is 0 Å². The summed E-state index contributed by atoms with van der Waals surface area (Å²) >= 11 is 1.67. The van der Waals surface area contributed by atoms with Gasteiger partial charge in [0.05, 0.1) is 12.6 Å². The number of fused-ring (bicyclic) bond motifs is 1. The lowest BCUT2D eigenvalue weighted by Crippen LogP contribution is -2.48.